The molecule has 0 saturated carbocycles. The summed E-state index contributed by atoms with van der Waals surface area (Å²) in [6.07, 6.45) is 0.610. The lowest BCUT2D eigenvalue weighted by molar-refractivity contribution is -0.128. The van der Waals surface area contributed by atoms with Crippen LogP contribution in [0.25, 0.3) is 0 Å². The summed E-state index contributed by atoms with van der Waals surface area (Å²) < 4.78 is 11.0. The summed E-state index contributed by atoms with van der Waals surface area (Å²) in [5.74, 6) is 1.60. The van der Waals surface area contributed by atoms with Gasteiger partial charge in [-0.05, 0) is 31.5 Å². The van der Waals surface area contributed by atoms with E-state index in [1.54, 1.807) is 26.1 Å². The number of carbonyl (C=O) groups is 1. The molecule has 118 valence electrons. The van der Waals surface area contributed by atoms with E-state index in [0.29, 0.717) is 19.5 Å². The van der Waals surface area contributed by atoms with Gasteiger partial charge in [-0.1, -0.05) is 6.07 Å². The van der Waals surface area contributed by atoms with Crippen LogP contribution in [0.5, 0.6) is 11.5 Å². The third kappa shape index (κ3) is 6.04. The Morgan fingerprint density at radius 3 is 2.57 bits per heavy atom. The Morgan fingerprint density at radius 1 is 1.29 bits per heavy atom. The first-order chi connectivity index (χ1) is 9.93. The first-order valence-corrected chi connectivity index (χ1v) is 7.18. The minimum Gasteiger partial charge on any atom is -0.493 e. The highest BCUT2D eigenvalue weighted by molar-refractivity contribution is 5.75. The molecule has 0 fully saturated rings. The second kappa shape index (κ2) is 8.52. The van der Waals surface area contributed by atoms with Crippen molar-refractivity contribution in [1.82, 2.24) is 10.2 Å². The maximum Gasteiger partial charge on any atom is 0.223 e. The monoisotopic (exact) mass is 294 g/mol. The van der Waals surface area contributed by atoms with Gasteiger partial charge in [0.1, 0.15) is 0 Å². The molecule has 0 aliphatic rings. The second-order valence-electron chi connectivity index (χ2n) is 5.37. The molecular weight excluding hydrogens is 268 g/mol. The summed E-state index contributed by atoms with van der Waals surface area (Å²) in [7, 11) is 5.16. The molecule has 0 aromatic heterocycles. The van der Waals surface area contributed by atoms with Gasteiger partial charge < -0.3 is 19.7 Å². The molecule has 1 rings (SSSR count). The standard InChI is InChI=1S/C16H26N2O3/c1-12(2)21-14-7-6-13(10-15(14)20-5)11-17-9-8-16(19)18(3)4/h6-7,10,12,17H,8-9,11H2,1-5H3. The number of carbonyl (C=O) groups excluding carboxylic acids is 1. The third-order valence-electron chi connectivity index (χ3n) is 2.93. The molecule has 0 unspecified atom stereocenters. The van der Waals surface area contributed by atoms with Crippen molar-refractivity contribution < 1.29 is 14.3 Å². The number of hydrogen-bond acceptors (Lipinski definition) is 4. The third-order valence-corrected chi connectivity index (χ3v) is 2.93. The lowest BCUT2D eigenvalue weighted by atomic mass is 10.2. The van der Waals surface area contributed by atoms with Crippen LogP contribution < -0.4 is 14.8 Å². The molecule has 5 nitrogen and oxygen atoms in total. The van der Waals surface area contributed by atoms with Crippen LogP contribution >= 0.6 is 0 Å². The molecule has 1 amide bonds. The van der Waals surface area contributed by atoms with Gasteiger partial charge in [0.15, 0.2) is 11.5 Å². The quantitative estimate of drug-likeness (QED) is 0.746. The molecule has 5 heteroatoms. The highest BCUT2D eigenvalue weighted by atomic mass is 16.5. The fraction of sp³-hybridized carbons (Fsp3) is 0.562. The zero-order valence-electron chi connectivity index (χ0n) is 13.6. The number of hydrogen-bond donors (Lipinski definition) is 1. The Labute approximate surface area is 127 Å². The van der Waals surface area contributed by atoms with E-state index in [-0.39, 0.29) is 12.0 Å². The molecule has 0 spiro atoms. The van der Waals surface area contributed by atoms with Crippen molar-refractivity contribution in [3.63, 3.8) is 0 Å². The number of nitrogens with one attached hydrogen (secondary N) is 1. The van der Waals surface area contributed by atoms with E-state index >= 15 is 0 Å². The maximum absolute atomic E-state index is 11.5. The minimum atomic E-state index is 0.111. The van der Waals surface area contributed by atoms with Crippen molar-refractivity contribution in [2.75, 3.05) is 27.7 Å². The van der Waals surface area contributed by atoms with Gasteiger partial charge in [0.25, 0.3) is 0 Å². The summed E-state index contributed by atoms with van der Waals surface area (Å²) in [5, 5.41) is 3.26. The second-order valence-corrected chi connectivity index (χ2v) is 5.37. The van der Waals surface area contributed by atoms with Crippen LogP contribution in [0.15, 0.2) is 18.2 Å². The normalized spacial score (nSPS) is 10.6. The summed E-state index contributed by atoms with van der Waals surface area (Å²) in [6.45, 7) is 5.32. The molecular formula is C16H26N2O3. The van der Waals surface area contributed by atoms with Crippen molar-refractivity contribution in [3.05, 3.63) is 23.8 Å². The summed E-state index contributed by atoms with van der Waals surface area (Å²) in [4.78, 5) is 13.1. The van der Waals surface area contributed by atoms with Crippen molar-refractivity contribution >= 4 is 5.91 Å². The number of rotatable bonds is 8. The first-order valence-electron chi connectivity index (χ1n) is 7.18. The van der Waals surface area contributed by atoms with Crippen molar-refractivity contribution in [3.8, 4) is 11.5 Å². The van der Waals surface area contributed by atoms with Crippen LogP contribution in [0.2, 0.25) is 0 Å². The Morgan fingerprint density at radius 2 is 2.00 bits per heavy atom. The van der Waals surface area contributed by atoms with Crippen LogP contribution in [0.1, 0.15) is 25.8 Å². The smallest absolute Gasteiger partial charge is 0.223 e. The summed E-state index contributed by atoms with van der Waals surface area (Å²) in [5.41, 5.74) is 1.10. The topological polar surface area (TPSA) is 50.8 Å². The van der Waals surface area contributed by atoms with Gasteiger partial charge in [0.05, 0.1) is 13.2 Å². The van der Waals surface area contributed by atoms with E-state index in [9.17, 15) is 4.79 Å². The van der Waals surface area contributed by atoms with Gasteiger partial charge in [-0.25, -0.2) is 0 Å². The zero-order chi connectivity index (χ0) is 15.8. The number of amides is 1. The maximum atomic E-state index is 11.5. The van der Waals surface area contributed by atoms with Crippen LogP contribution in [-0.4, -0.2) is 44.7 Å². The molecule has 0 aliphatic carbocycles. The fourth-order valence-corrected chi connectivity index (χ4v) is 1.82. The van der Waals surface area contributed by atoms with E-state index < -0.39 is 0 Å². The van der Waals surface area contributed by atoms with E-state index in [2.05, 4.69) is 5.32 Å². The molecule has 1 aromatic rings. The lowest BCUT2D eigenvalue weighted by Gasteiger charge is -2.15. The molecule has 0 aliphatic heterocycles. The van der Waals surface area contributed by atoms with Crippen molar-refractivity contribution in [2.24, 2.45) is 0 Å². The van der Waals surface area contributed by atoms with Gasteiger partial charge in [-0.2, -0.15) is 0 Å². The zero-order valence-corrected chi connectivity index (χ0v) is 13.6. The number of nitrogens with zero attached hydrogens (tertiary/aromatic N) is 1. The summed E-state index contributed by atoms with van der Waals surface area (Å²) in [6, 6.07) is 5.88. The van der Waals surface area contributed by atoms with E-state index in [4.69, 9.17) is 9.47 Å². The number of benzene rings is 1. The average Bonchev–Trinajstić information content (AvgIpc) is 2.43. The molecule has 0 atom stereocenters. The van der Waals surface area contributed by atoms with Gasteiger partial charge in [-0.3, -0.25) is 4.79 Å². The van der Waals surface area contributed by atoms with Crippen LogP contribution in [0, 0.1) is 0 Å². The molecule has 1 N–H and O–H groups in total. The molecule has 0 radical (unpaired) electrons. The molecule has 1 aromatic carbocycles. The Kier molecular flexibility index (Phi) is 7.02. The van der Waals surface area contributed by atoms with Gasteiger partial charge in [0.2, 0.25) is 5.91 Å². The van der Waals surface area contributed by atoms with E-state index in [1.165, 1.54) is 0 Å². The van der Waals surface area contributed by atoms with Crippen LogP contribution in [-0.2, 0) is 11.3 Å². The van der Waals surface area contributed by atoms with Gasteiger partial charge >= 0.3 is 0 Å². The SMILES string of the molecule is COc1cc(CNCCC(=O)N(C)C)ccc1OC(C)C. The largest absolute Gasteiger partial charge is 0.493 e. The summed E-state index contributed by atoms with van der Waals surface area (Å²) >= 11 is 0. The van der Waals surface area contributed by atoms with Gasteiger partial charge in [-0.15, -0.1) is 0 Å². The highest BCUT2D eigenvalue weighted by Gasteiger charge is 2.08. The number of ether oxygens (including phenoxy) is 2. The van der Waals surface area contributed by atoms with Crippen LogP contribution in [0.3, 0.4) is 0 Å². The van der Waals surface area contributed by atoms with E-state index in [1.807, 2.05) is 32.0 Å². The molecule has 0 heterocycles. The number of methoxy groups -OCH3 is 1. The highest BCUT2D eigenvalue weighted by Crippen LogP contribution is 2.28. The minimum absolute atomic E-state index is 0.111. The van der Waals surface area contributed by atoms with Crippen molar-refractivity contribution in [2.45, 2.75) is 32.9 Å². The Bertz CT molecular complexity index is 459. The van der Waals surface area contributed by atoms with Crippen molar-refractivity contribution in [1.29, 1.82) is 0 Å². The molecule has 21 heavy (non-hydrogen) atoms. The van der Waals surface area contributed by atoms with Gasteiger partial charge in [0, 0.05) is 33.6 Å². The predicted octanol–water partition coefficient (Wildman–Crippen LogP) is 2.05. The molecule has 0 bridgehead atoms. The van der Waals surface area contributed by atoms with E-state index in [0.717, 1.165) is 17.1 Å². The Balaban J connectivity index is 2.51. The molecule has 0 saturated heterocycles. The van der Waals surface area contributed by atoms with Crippen LogP contribution in [0.4, 0.5) is 0 Å². The lowest BCUT2D eigenvalue weighted by Crippen LogP contribution is -2.26. The predicted molar refractivity (Wildman–Crippen MR) is 83.8 cm³/mol. The first kappa shape index (κ1) is 17.3. The Hall–Kier alpha value is -1.75. The average molecular weight is 294 g/mol. The fourth-order valence-electron chi connectivity index (χ4n) is 1.82.